The highest BCUT2D eigenvalue weighted by Crippen LogP contribution is 2.07. The summed E-state index contributed by atoms with van der Waals surface area (Å²) in [7, 11) is 0. The number of nitrogens with zero attached hydrogens (tertiary/aromatic N) is 6. The molecule has 8 heteroatoms. The fraction of sp³-hybridized carbons (Fsp3) is 0.588. The van der Waals surface area contributed by atoms with E-state index in [-0.39, 0.29) is 0 Å². The maximum atomic E-state index is 4.91. The Morgan fingerprint density at radius 1 is 1.32 bits per heavy atom. The second kappa shape index (κ2) is 9.22. The first kappa shape index (κ1) is 17.5. The highest BCUT2D eigenvalue weighted by molar-refractivity contribution is 5.80. The van der Waals surface area contributed by atoms with Crippen LogP contribution in [0.15, 0.2) is 40.3 Å². The van der Waals surface area contributed by atoms with Crippen LogP contribution in [0.25, 0.3) is 0 Å². The molecule has 2 aromatic rings. The molecular weight excluding hydrogens is 318 g/mol. The number of hydrogen-bond donors (Lipinski definition) is 1. The van der Waals surface area contributed by atoms with Gasteiger partial charge >= 0.3 is 0 Å². The normalized spacial score (nSPS) is 16.4. The maximum Gasteiger partial charge on any atom is 0.194 e. The summed E-state index contributed by atoms with van der Waals surface area (Å²) in [4.78, 5) is 9.52. The van der Waals surface area contributed by atoms with Gasteiger partial charge in [-0.15, -0.1) is 0 Å². The molecule has 1 aliphatic rings. The molecule has 0 bridgehead atoms. The average molecular weight is 345 g/mol. The molecule has 2 aromatic heterocycles. The summed E-state index contributed by atoms with van der Waals surface area (Å²) >= 11 is 0. The molecule has 0 aliphatic carbocycles. The summed E-state index contributed by atoms with van der Waals surface area (Å²) in [5, 5.41) is 11.6. The first-order valence-electron chi connectivity index (χ1n) is 8.97. The average Bonchev–Trinajstić information content (AvgIpc) is 3.32. The van der Waals surface area contributed by atoms with E-state index in [9.17, 15) is 0 Å². The second-order valence-electron chi connectivity index (χ2n) is 6.11. The van der Waals surface area contributed by atoms with Crippen LogP contribution in [-0.2, 0) is 13.1 Å². The fourth-order valence-corrected chi connectivity index (χ4v) is 2.94. The van der Waals surface area contributed by atoms with E-state index in [2.05, 4.69) is 32.3 Å². The Hall–Kier alpha value is -2.35. The third-order valence-corrected chi connectivity index (χ3v) is 4.25. The molecule has 1 saturated heterocycles. The highest BCUT2D eigenvalue weighted by Gasteiger charge is 2.20. The lowest BCUT2D eigenvalue weighted by Crippen LogP contribution is -2.52. The van der Waals surface area contributed by atoms with Gasteiger partial charge in [0.05, 0.1) is 5.69 Å². The summed E-state index contributed by atoms with van der Waals surface area (Å²) in [6.45, 7) is 9.52. The molecule has 0 atom stereocenters. The van der Waals surface area contributed by atoms with E-state index in [4.69, 9.17) is 9.52 Å². The van der Waals surface area contributed by atoms with Gasteiger partial charge < -0.3 is 14.7 Å². The van der Waals surface area contributed by atoms with Crippen molar-refractivity contribution in [1.29, 1.82) is 0 Å². The molecule has 0 spiro atoms. The van der Waals surface area contributed by atoms with Crippen molar-refractivity contribution < 1.29 is 4.52 Å². The van der Waals surface area contributed by atoms with Crippen molar-refractivity contribution >= 4 is 5.96 Å². The minimum Gasteiger partial charge on any atom is -0.364 e. The number of hydrogen-bond acceptors (Lipinski definition) is 5. The Morgan fingerprint density at radius 3 is 2.88 bits per heavy atom. The summed E-state index contributed by atoms with van der Waals surface area (Å²) in [6, 6.07) is 3.88. The third-order valence-electron chi connectivity index (χ3n) is 4.25. The van der Waals surface area contributed by atoms with Crippen LogP contribution in [0.4, 0.5) is 0 Å². The van der Waals surface area contributed by atoms with E-state index in [1.807, 2.05) is 29.2 Å². The second-order valence-corrected chi connectivity index (χ2v) is 6.11. The zero-order chi connectivity index (χ0) is 17.3. The molecule has 0 unspecified atom stereocenters. The molecule has 1 aliphatic heterocycles. The van der Waals surface area contributed by atoms with Crippen molar-refractivity contribution in [3.63, 3.8) is 0 Å². The van der Waals surface area contributed by atoms with E-state index in [0.717, 1.165) is 70.4 Å². The number of rotatable bonds is 7. The molecule has 0 radical (unpaired) electrons. The molecule has 136 valence electrons. The Labute approximate surface area is 148 Å². The summed E-state index contributed by atoms with van der Waals surface area (Å²) < 4.78 is 6.86. The SMILES string of the molecule is CCNC(=NCCCn1cccn1)N1CCN(Cc2ccon2)CC1. The fourth-order valence-electron chi connectivity index (χ4n) is 2.94. The van der Waals surface area contributed by atoms with Gasteiger partial charge in [0, 0.05) is 70.8 Å². The smallest absolute Gasteiger partial charge is 0.194 e. The van der Waals surface area contributed by atoms with Crippen molar-refractivity contribution in [1.82, 2.24) is 30.1 Å². The van der Waals surface area contributed by atoms with Crippen LogP contribution in [0.5, 0.6) is 0 Å². The van der Waals surface area contributed by atoms with E-state index < -0.39 is 0 Å². The number of guanidine groups is 1. The Bertz CT molecular complexity index is 615. The topological polar surface area (TPSA) is 74.7 Å². The molecule has 0 saturated carbocycles. The van der Waals surface area contributed by atoms with E-state index in [1.54, 1.807) is 6.26 Å². The van der Waals surface area contributed by atoms with Gasteiger partial charge in [-0.2, -0.15) is 5.10 Å². The maximum absolute atomic E-state index is 4.91. The van der Waals surface area contributed by atoms with Gasteiger partial charge in [0.1, 0.15) is 6.26 Å². The molecule has 0 aromatic carbocycles. The summed E-state index contributed by atoms with van der Waals surface area (Å²) in [5.74, 6) is 1.02. The van der Waals surface area contributed by atoms with Crippen LogP contribution in [0.2, 0.25) is 0 Å². The summed E-state index contributed by atoms with van der Waals surface area (Å²) in [5.41, 5.74) is 0.993. The summed E-state index contributed by atoms with van der Waals surface area (Å²) in [6.07, 6.45) is 6.42. The van der Waals surface area contributed by atoms with E-state index in [0.29, 0.717) is 0 Å². The van der Waals surface area contributed by atoms with E-state index in [1.165, 1.54) is 0 Å². The van der Waals surface area contributed by atoms with Gasteiger partial charge in [0.15, 0.2) is 5.96 Å². The lowest BCUT2D eigenvalue weighted by atomic mass is 10.3. The molecule has 1 N–H and O–H groups in total. The van der Waals surface area contributed by atoms with Crippen molar-refractivity contribution in [3.8, 4) is 0 Å². The number of nitrogens with one attached hydrogen (secondary N) is 1. The third kappa shape index (κ3) is 5.32. The van der Waals surface area contributed by atoms with Crippen LogP contribution in [0, 0.1) is 0 Å². The van der Waals surface area contributed by atoms with Gasteiger partial charge in [0.25, 0.3) is 0 Å². The molecule has 0 amide bonds. The van der Waals surface area contributed by atoms with Crippen molar-refractivity contribution in [3.05, 3.63) is 36.5 Å². The standard InChI is InChI=1S/C17H27N7O/c1-2-18-17(19-6-3-8-24-9-4-7-20-24)23-12-10-22(11-13-23)15-16-5-14-25-21-16/h4-5,7,9,14H,2-3,6,8,10-13,15H2,1H3,(H,18,19). The molecule has 25 heavy (non-hydrogen) atoms. The van der Waals surface area contributed by atoms with Gasteiger partial charge in [-0.25, -0.2) is 0 Å². The largest absolute Gasteiger partial charge is 0.364 e. The first-order valence-corrected chi connectivity index (χ1v) is 8.97. The molecule has 3 heterocycles. The molecule has 3 rings (SSSR count). The highest BCUT2D eigenvalue weighted by atomic mass is 16.5. The van der Waals surface area contributed by atoms with Crippen LogP contribution in [0.3, 0.4) is 0 Å². The predicted octanol–water partition coefficient (Wildman–Crippen LogP) is 1.04. The van der Waals surface area contributed by atoms with Crippen LogP contribution >= 0.6 is 0 Å². The Morgan fingerprint density at radius 2 is 2.20 bits per heavy atom. The minimum atomic E-state index is 0.807. The molecular formula is C17H27N7O. The number of aromatic nitrogens is 3. The zero-order valence-corrected chi connectivity index (χ0v) is 14.8. The molecule has 1 fully saturated rings. The van der Waals surface area contributed by atoms with E-state index >= 15 is 0 Å². The van der Waals surface area contributed by atoms with Gasteiger partial charge in [-0.1, -0.05) is 5.16 Å². The van der Waals surface area contributed by atoms with Crippen molar-refractivity contribution in [2.24, 2.45) is 4.99 Å². The minimum absolute atomic E-state index is 0.807. The number of aryl methyl sites for hydroxylation is 1. The van der Waals surface area contributed by atoms with Gasteiger partial charge in [-0.05, 0) is 19.4 Å². The number of piperazine rings is 1. The van der Waals surface area contributed by atoms with Crippen LogP contribution in [0.1, 0.15) is 19.0 Å². The predicted molar refractivity (Wildman–Crippen MR) is 96.2 cm³/mol. The Balaban J connectivity index is 1.44. The Kier molecular flexibility index (Phi) is 6.44. The van der Waals surface area contributed by atoms with Crippen molar-refractivity contribution in [2.75, 3.05) is 39.3 Å². The first-order chi connectivity index (χ1) is 12.3. The quantitative estimate of drug-likeness (QED) is 0.459. The van der Waals surface area contributed by atoms with Crippen LogP contribution < -0.4 is 5.32 Å². The van der Waals surface area contributed by atoms with Gasteiger partial charge in [0.2, 0.25) is 0 Å². The lowest BCUT2D eigenvalue weighted by Gasteiger charge is -2.36. The molecule has 8 nitrogen and oxygen atoms in total. The van der Waals surface area contributed by atoms with Gasteiger partial charge in [-0.3, -0.25) is 14.6 Å². The number of aliphatic imine (C=N–C) groups is 1. The van der Waals surface area contributed by atoms with Crippen LogP contribution in [-0.4, -0.2) is 70.0 Å². The van der Waals surface area contributed by atoms with Crippen molar-refractivity contribution in [2.45, 2.75) is 26.4 Å². The monoisotopic (exact) mass is 345 g/mol. The lowest BCUT2D eigenvalue weighted by molar-refractivity contribution is 0.169. The zero-order valence-electron chi connectivity index (χ0n) is 14.8.